The number of halogens is 6. The lowest BCUT2D eigenvalue weighted by Gasteiger charge is -2.34. The maximum atomic E-state index is 13.1. The molecule has 0 unspecified atom stereocenters. The van der Waals surface area contributed by atoms with E-state index < -0.39 is 35.0 Å². The first-order chi connectivity index (χ1) is 14.5. The molecule has 2 heterocycles. The molecule has 1 aromatic rings. The van der Waals surface area contributed by atoms with Crippen molar-refractivity contribution < 1.29 is 35.9 Å². The van der Waals surface area contributed by atoms with Crippen LogP contribution in [0.3, 0.4) is 0 Å². The van der Waals surface area contributed by atoms with Crippen LogP contribution >= 0.6 is 0 Å². The number of amides is 2. The van der Waals surface area contributed by atoms with E-state index in [1.54, 1.807) is 0 Å². The Kier molecular flexibility index (Phi) is 6.85. The molecular formula is C21H24F6N2O2. The minimum atomic E-state index is -5.01. The number of nitrogens with zero attached hydrogens (tertiary/aromatic N) is 2. The number of benzene rings is 1. The monoisotopic (exact) mass is 450 g/mol. The molecule has 0 spiro atoms. The number of alkyl halides is 6. The van der Waals surface area contributed by atoms with Gasteiger partial charge in [-0.05, 0) is 43.9 Å². The Balaban J connectivity index is 1.71. The fourth-order valence-corrected chi connectivity index (χ4v) is 4.14. The number of hydrogen-bond acceptors (Lipinski definition) is 2. The van der Waals surface area contributed by atoms with Crippen LogP contribution < -0.4 is 0 Å². The van der Waals surface area contributed by atoms with Gasteiger partial charge >= 0.3 is 12.4 Å². The van der Waals surface area contributed by atoms with Crippen LogP contribution in [0.1, 0.15) is 60.0 Å². The van der Waals surface area contributed by atoms with E-state index in [0.29, 0.717) is 38.1 Å². The van der Waals surface area contributed by atoms with Gasteiger partial charge in [0.05, 0.1) is 11.1 Å². The van der Waals surface area contributed by atoms with E-state index in [0.717, 1.165) is 25.7 Å². The van der Waals surface area contributed by atoms with Crippen molar-refractivity contribution in [1.29, 1.82) is 0 Å². The third kappa shape index (κ3) is 5.71. The minimum Gasteiger partial charge on any atom is -0.342 e. The normalized spacial score (nSPS) is 19.3. The first-order valence-corrected chi connectivity index (χ1v) is 10.3. The molecule has 31 heavy (non-hydrogen) atoms. The highest BCUT2D eigenvalue weighted by molar-refractivity contribution is 5.95. The van der Waals surface area contributed by atoms with Gasteiger partial charge in [0, 0.05) is 37.7 Å². The van der Waals surface area contributed by atoms with Gasteiger partial charge in [0.2, 0.25) is 5.91 Å². The molecule has 2 fully saturated rings. The summed E-state index contributed by atoms with van der Waals surface area (Å²) in [4.78, 5) is 28.5. The van der Waals surface area contributed by atoms with E-state index in [1.807, 2.05) is 4.90 Å². The Bertz CT molecular complexity index is 773. The Morgan fingerprint density at radius 2 is 1.19 bits per heavy atom. The standard InChI is InChI=1S/C21H24F6N2O2/c22-20(23,24)16-11-15(12-17(13-16)21(25,26)27)19(31)29-9-5-14(6-10-29)18(30)28-7-3-1-2-4-8-28/h11-14H,1-10H2. The van der Waals surface area contributed by atoms with Gasteiger partial charge < -0.3 is 9.80 Å². The summed E-state index contributed by atoms with van der Waals surface area (Å²) in [7, 11) is 0. The third-order valence-corrected chi connectivity index (χ3v) is 5.88. The number of carbonyl (C=O) groups is 2. The van der Waals surface area contributed by atoms with Gasteiger partial charge in [-0.25, -0.2) is 0 Å². The second-order valence-corrected chi connectivity index (χ2v) is 8.10. The lowest BCUT2D eigenvalue weighted by molar-refractivity contribution is -0.143. The predicted octanol–water partition coefficient (Wildman–Crippen LogP) is 4.98. The van der Waals surface area contributed by atoms with Gasteiger partial charge in [0.25, 0.3) is 5.91 Å². The van der Waals surface area contributed by atoms with Crippen molar-refractivity contribution in [3.8, 4) is 0 Å². The van der Waals surface area contributed by atoms with E-state index in [9.17, 15) is 35.9 Å². The second-order valence-electron chi connectivity index (χ2n) is 8.10. The number of piperidine rings is 1. The molecule has 0 N–H and O–H groups in total. The summed E-state index contributed by atoms with van der Waals surface area (Å²) >= 11 is 0. The molecule has 0 atom stereocenters. The van der Waals surface area contributed by atoms with E-state index in [2.05, 4.69) is 0 Å². The summed E-state index contributed by atoms with van der Waals surface area (Å²) in [6.45, 7) is 1.62. The quantitative estimate of drug-likeness (QED) is 0.597. The Morgan fingerprint density at radius 3 is 1.65 bits per heavy atom. The highest BCUT2D eigenvalue weighted by Gasteiger charge is 2.38. The minimum absolute atomic E-state index is 0.00285. The van der Waals surface area contributed by atoms with Gasteiger partial charge in [-0.1, -0.05) is 12.8 Å². The van der Waals surface area contributed by atoms with Crippen molar-refractivity contribution in [2.45, 2.75) is 50.9 Å². The van der Waals surface area contributed by atoms with Gasteiger partial charge in [0.1, 0.15) is 0 Å². The fourth-order valence-electron chi connectivity index (χ4n) is 4.14. The molecule has 1 aromatic carbocycles. The molecule has 0 aromatic heterocycles. The summed E-state index contributed by atoms with van der Waals surface area (Å²) in [5.41, 5.74) is -3.69. The summed E-state index contributed by atoms with van der Waals surface area (Å²) in [5.74, 6) is -1.15. The lowest BCUT2D eigenvalue weighted by atomic mass is 9.94. The van der Waals surface area contributed by atoms with Crippen LogP contribution in [-0.4, -0.2) is 47.8 Å². The van der Waals surface area contributed by atoms with Gasteiger partial charge in [-0.15, -0.1) is 0 Å². The van der Waals surface area contributed by atoms with Crippen LogP contribution in [0.2, 0.25) is 0 Å². The number of hydrogen-bond donors (Lipinski definition) is 0. The third-order valence-electron chi connectivity index (χ3n) is 5.88. The zero-order valence-corrected chi connectivity index (χ0v) is 16.9. The summed E-state index contributed by atoms with van der Waals surface area (Å²) in [5, 5.41) is 0. The van der Waals surface area contributed by atoms with Crippen LogP contribution in [0.4, 0.5) is 26.3 Å². The molecule has 172 valence electrons. The highest BCUT2D eigenvalue weighted by Crippen LogP contribution is 2.36. The maximum Gasteiger partial charge on any atom is 0.416 e. The summed E-state index contributed by atoms with van der Waals surface area (Å²) in [6.07, 6.45) is -5.30. The van der Waals surface area contributed by atoms with Gasteiger partial charge in [-0.3, -0.25) is 9.59 Å². The van der Waals surface area contributed by atoms with Gasteiger partial charge in [0.15, 0.2) is 0 Å². The molecule has 2 aliphatic rings. The highest BCUT2D eigenvalue weighted by atomic mass is 19.4. The first-order valence-electron chi connectivity index (χ1n) is 10.3. The van der Waals surface area contributed by atoms with E-state index in [-0.39, 0.29) is 31.0 Å². The lowest BCUT2D eigenvalue weighted by Crippen LogP contribution is -2.44. The molecule has 0 aliphatic carbocycles. The van der Waals surface area contributed by atoms with Crippen molar-refractivity contribution in [3.05, 3.63) is 34.9 Å². The van der Waals surface area contributed by atoms with E-state index in [4.69, 9.17) is 0 Å². The zero-order chi connectivity index (χ0) is 22.8. The van der Waals surface area contributed by atoms with Crippen LogP contribution in [-0.2, 0) is 17.1 Å². The molecule has 0 bridgehead atoms. The Hall–Kier alpha value is -2.26. The number of rotatable bonds is 2. The molecule has 10 heteroatoms. The van der Waals surface area contributed by atoms with Crippen molar-refractivity contribution in [3.63, 3.8) is 0 Å². The topological polar surface area (TPSA) is 40.6 Å². The number of carbonyl (C=O) groups excluding carboxylic acids is 2. The van der Waals surface area contributed by atoms with Crippen molar-refractivity contribution >= 4 is 11.8 Å². The second kappa shape index (κ2) is 9.08. The Labute approximate surface area is 176 Å². The average Bonchev–Trinajstić information content (AvgIpc) is 3.01. The van der Waals surface area contributed by atoms with E-state index in [1.165, 1.54) is 4.90 Å². The van der Waals surface area contributed by atoms with Crippen LogP contribution in [0.25, 0.3) is 0 Å². The van der Waals surface area contributed by atoms with Crippen LogP contribution in [0.15, 0.2) is 18.2 Å². The molecule has 0 radical (unpaired) electrons. The molecule has 4 nitrogen and oxygen atoms in total. The van der Waals surface area contributed by atoms with Gasteiger partial charge in [-0.2, -0.15) is 26.3 Å². The zero-order valence-electron chi connectivity index (χ0n) is 16.9. The summed E-state index contributed by atoms with van der Waals surface area (Å²) < 4.78 is 78.3. The molecule has 2 aliphatic heterocycles. The average molecular weight is 450 g/mol. The van der Waals surface area contributed by atoms with Crippen LogP contribution in [0, 0.1) is 5.92 Å². The first kappa shape index (κ1) is 23.4. The molecule has 2 amide bonds. The van der Waals surface area contributed by atoms with Crippen molar-refractivity contribution in [2.75, 3.05) is 26.2 Å². The van der Waals surface area contributed by atoms with Crippen molar-refractivity contribution in [2.24, 2.45) is 5.92 Å². The molecule has 2 saturated heterocycles. The number of likely N-dealkylation sites (tertiary alicyclic amines) is 2. The maximum absolute atomic E-state index is 13.1. The molecular weight excluding hydrogens is 426 g/mol. The predicted molar refractivity (Wildman–Crippen MR) is 100 cm³/mol. The Morgan fingerprint density at radius 1 is 0.710 bits per heavy atom. The summed E-state index contributed by atoms with van der Waals surface area (Å²) in [6, 6.07) is 0.904. The van der Waals surface area contributed by atoms with Crippen molar-refractivity contribution in [1.82, 2.24) is 9.80 Å². The molecule has 0 saturated carbocycles. The smallest absolute Gasteiger partial charge is 0.342 e. The van der Waals surface area contributed by atoms with Crippen LogP contribution in [0.5, 0.6) is 0 Å². The largest absolute Gasteiger partial charge is 0.416 e. The fraction of sp³-hybridized carbons (Fsp3) is 0.619. The SMILES string of the molecule is O=C(c1cc(C(F)(F)F)cc(C(F)(F)F)c1)N1CCC(C(=O)N2CCCCCC2)CC1. The molecule has 3 rings (SSSR count). The van der Waals surface area contributed by atoms with E-state index >= 15 is 0 Å².